The predicted molar refractivity (Wildman–Crippen MR) is 93.9 cm³/mol. The zero-order valence-electron chi connectivity index (χ0n) is 14.0. The van der Waals surface area contributed by atoms with Crippen molar-refractivity contribution in [3.63, 3.8) is 0 Å². The van der Waals surface area contributed by atoms with Gasteiger partial charge in [0.1, 0.15) is 12.2 Å². The second kappa shape index (κ2) is 8.72. The van der Waals surface area contributed by atoms with Crippen LogP contribution in [0, 0.1) is 6.92 Å². The van der Waals surface area contributed by atoms with Crippen molar-refractivity contribution < 1.29 is 14.3 Å². The van der Waals surface area contributed by atoms with Crippen LogP contribution in [0.25, 0.3) is 0 Å². The van der Waals surface area contributed by atoms with Gasteiger partial charge in [-0.15, -0.1) is 0 Å². The average Bonchev–Trinajstić information content (AvgIpc) is 2.56. The van der Waals surface area contributed by atoms with E-state index in [0.717, 1.165) is 11.1 Å². The van der Waals surface area contributed by atoms with Crippen molar-refractivity contribution in [3.8, 4) is 5.75 Å². The molecule has 0 fully saturated rings. The average molecular weight is 326 g/mol. The minimum Gasteiger partial charge on any atom is -0.492 e. The van der Waals surface area contributed by atoms with E-state index in [1.165, 1.54) is 0 Å². The van der Waals surface area contributed by atoms with E-state index in [4.69, 9.17) is 4.74 Å². The minimum atomic E-state index is -0.372. The Morgan fingerprint density at radius 3 is 2.42 bits per heavy atom. The van der Waals surface area contributed by atoms with E-state index < -0.39 is 0 Å². The van der Waals surface area contributed by atoms with Crippen molar-refractivity contribution in [3.05, 3.63) is 59.7 Å². The number of amides is 2. The molecule has 0 atom stereocenters. The monoisotopic (exact) mass is 326 g/mol. The third-order valence-electron chi connectivity index (χ3n) is 3.39. The Bertz CT molecular complexity index is 696. The molecule has 2 aromatic carbocycles. The summed E-state index contributed by atoms with van der Waals surface area (Å²) in [5, 5.41) is 5.45. The molecular weight excluding hydrogens is 304 g/mol. The number of anilines is 1. The van der Waals surface area contributed by atoms with Gasteiger partial charge >= 0.3 is 0 Å². The first-order valence-electron chi connectivity index (χ1n) is 7.92. The molecule has 0 radical (unpaired) electrons. The van der Waals surface area contributed by atoms with Crippen LogP contribution in [0.15, 0.2) is 48.5 Å². The first-order valence-corrected chi connectivity index (χ1v) is 7.92. The largest absolute Gasteiger partial charge is 0.492 e. The van der Waals surface area contributed by atoms with Crippen molar-refractivity contribution in [2.75, 3.05) is 11.9 Å². The van der Waals surface area contributed by atoms with E-state index in [1.54, 1.807) is 18.2 Å². The maximum absolute atomic E-state index is 12.0. The summed E-state index contributed by atoms with van der Waals surface area (Å²) in [6.07, 6.45) is -0.230. The number of hydrogen-bond acceptors (Lipinski definition) is 3. The van der Waals surface area contributed by atoms with Crippen molar-refractivity contribution >= 4 is 17.5 Å². The Labute approximate surface area is 142 Å². The lowest BCUT2D eigenvalue weighted by atomic mass is 10.1. The highest BCUT2D eigenvalue weighted by atomic mass is 16.5. The van der Waals surface area contributed by atoms with E-state index >= 15 is 0 Å². The van der Waals surface area contributed by atoms with E-state index in [9.17, 15) is 9.59 Å². The fourth-order valence-electron chi connectivity index (χ4n) is 2.16. The molecule has 5 heteroatoms. The minimum absolute atomic E-state index is 0.230. The molecule has 0 heterocycles. The molecule has 0 spiro atoms. The molecular formula is C19H22N2O3. The Morgan fingerprint density at radius 2 is 1.71 bits per heavy atom. The van der Waals surface area contributed by atoms with E-state index in [2.05, 4.69) is 10.6 Å². The second-order valence-electron chi connectivity index (χ2n) is 5.42. The van der Waals surface area contributed by atoms with Crippen LogP contribution >= 0.6 is 0 Å². The Kier molecular flexibility index (Phi) is 6.37. The molecule has 2 rings (SSSR count). The number of ether oxygens (including phenoxy) is 1. The second-order valence-corrected chi connectivity index (χ2v) is 5.42. The summed E-state index contributed by atoms with van der Waals surface area (Å²) < 4.78 is 5.44. The molecule has 0 aliphatic heterocycles. The quantitative estimate of drug-likeness (QED) is 0.769. The molecule has 2 N–H and O–H groups in total. The van der Waals surface area contributed by atoms with Crippen LogP contribution < -0.4 is 15.4 Å². The number of hydrogen-bond donors (Lipinski definition) is 2. The van der Waals surface area contributed by atoms with E-state index in [0.29, 0.717) is 24.6 Å². The fourth-order valence-corrected chi connectivity index (χ4v) is 2.16. The van der Waals surface area contributed by atoms with Gasteiger partial charge in [0.05, 0.1) is 12.3 Å². The highest BCUT2D eigenvalue weighted by molar-refractivity contribution is 6.04. The van der Waals surface area contributed by atoms with Gasteiger partial charge in [0.15, 0.2) is 0 Å². The lowest BCUT2D eigenvalue weighted by Gasteiger charge is -2.11. The molecule has 2 aromatic rings. The number of nitrogens with one attached hydrogen (secondary N) is 2. The van der Waals surface area contributed by atoms with Gasteiger partial charge < -0.3 is 15.4 Å². The lowest BCUT2D eigenvalue weighted by Crippen LogP contribution is -2.27. The first kappa shape index (κ1) is 17.5. The Hall–Kier alpha value is -2.82. The van der Waals surface area contributed by atoms with Gasteiger partial charge in [-0.3, -0.25) is 9.59 Å². The molecule has 0 bridgehead atoms. The topological polar surface area (TPSA) is 67.4 Å². The SMILES string of the molecule is CCOc1ccccc1NC(=O)CC(=O)NCc1ccc(C)cc1. The third-order valence-corrected chi connectivity index (χ3v) is 3.39. The van der Waals surface area contributed by atoms with Gasteiger partial charge in [-0.25, -0.2) is 0 Å². The van der Waals surface area contributed by atoms with Crippen LogP contribution in [0.4, 0.5) is 5.69 Å². The summed E-state index contributed by atoms with van der Waals surface area (Å²) in [4.78, 5) is 23.9. The number of rotatable bonds is 7. The van der Waals surface area contributed by atoms with E-state index in [-0.39, 0.29) is 18.2 Å². The van der Waals surface area contributed by atoms with Gasteiger partial charge in [-0.2, -0.15) is 0 Å². The summed E-state index contributed by atoms with van der Waals surface area (Å²) in [5.74, 6) is -0.0982. The maximum Gasteiger partial charge on any atom is 0.233 e. The van der Waals surface area contributed by atoms with Crippen LogP contribution in [-0.2, 0) is 16.1 Å². The first-order chi connectivity index (χ1) is 11.6. The van der Waals surface area contributed by atoms with Gasteiger partial charge in [0, 0.05) is 6.54 Å². The molecule has 0 aromatic heterocycles. The van der Waals surface area contributed by atoms with Gasteiger partial charge in [0.25, 0.3) is 0 Å². The summed E-state index contributed by atoms with van der Waals surface area (Å²) in [7, 11) is 0. The van der Waals surface area contributed by atoms with Gasteiger partial charge in [-0.1, -0.05) is 42.0 Å². The van der Waals surface area contributed by atoms with E-state index in [1.807, 2.05) is 44.2 Å². The fraction of sp³-hybridized carbons (Fsp3) is 0.263. The molecule has 24 heavy (non-hydrogen) atoms. The summed E-state index contributed by atoms with van der Waals surface area (Å²) in [5.41, 5.74) is 2.73. The molecule has 5 nitrogen and oxygen atoms in total. The Balaban J connectivity index is 1.83. The predicted octanol–water partition coefficient (Wildman–Crippen LogP) is 3.04. The Morgan fingerprint density at radius 1 is 1.00 bits per heavy atom. The molecule has 0 saturated carbocycles. The third kappa shape index (κ3) is 5.43. The number of carbonyl (C=O) groups excluding carboxylic acids is 2. The van der Waals surface area contributed by atoms with Crippen LogP contribution in [0.2, 0.25) is 0 Å². The van der Waals surface area contributed by atoms with Crippen molar-refractivity contribution in [2.24, 2.45) is 0 Å². The molecule has 0 unspecified atom stereocenters. The normalized spacial score (nSPS) is 10.1. The van der Waals surface area contributed by atoms with Crippen LogP contribution in [0.5, 0.6) is 5.75 Å². The van der Waals surface area contributed by atoms with Crippen LogP contribution in [-0.4, -0.2) is 18.4 Å². The molecule has 0 aliphatic rings. The number of carbonyl (C=O) groups is 2. The highest BCUT2D eigenvalue weighted by Gasteiger charge is 2.11. The molecule has 0 aliphatic carbocycles. The zero-order valence-corrected chi connectivity index (χ0v) is 14.0. The summed E-state index contributed by atoms with van der Waals surface area (Å²) >= 11 is 0. The number of aryl methyl sites for hydroxylation is 1. The number of benzene rings is 2. The lowest BCUT2D eigenvalue weighted by molar-refractivity contribution is -0.126. The molecule has 0 saturated heterocycles. The smallest absolute Gasteiger partial charge is 0.233 e. The number of para-hydroxylation sites is 2. The zero-order chi connectivity index (χ0) is 17.4. The molecule has 2 amide bonds. The molecule has 126 valence electrons. The maximum atomic E-state index is 12.0. The van der Waals surface area contributed by atoms with Crippen LogP contribution in [0.1, 0.15) is 24.5 Å². The summed E-state index contributed by atoms with van der Waals surface area (Å²) in [6, 6.07) is 15.0. The van der Waals surface area contributed by atoms with Crippen molar-refractivity contribution in [1.29, 1.82) is 0 Å². The van der Waals surface area contributed by atoms with Gasteiger partial charge in [0.2, 0.25) is 11.8 Å². The standard InChI is InChI=1S/C19H22N2O3/c1-3-24-17-7-5-4-6-16(17)21-19(23)12-18(22)20-13-15-10-8-14(2)9-11-15/h4-11H,3,12-13H2,1-2H3,(H,20,22)(H,21,23). The summed E-state index contributed by atoms with van der Waals surface area (Å²) in [6.45, 7) is 4.79. The van der Waals surface area contributed by atoms with Crippen molar-refractivity contribution in [1.82, 2.24) is 5.32 Å². The highest BCUT2D eigenvalue weighted by Crippen LogP contribution is 2.23. The van der Waals surface area contributed by atoms with Gasteiger partial charge in [-0.05, 0) is 31.5 Å². The van der Waals surface area contributed by atoms with Crippen LogP contribution in [0.3, 0.4) is 0 Å². The van der Waals surface area contributed by atoms with Crippen molar-refractivity contribution in [2.45, 2.75) is 26.8 Å².